The molecular weight excluding hydrogens is 359 g/mol. The predicted molar refractivity (Wildman–Crippen MR) is 97.7 cm³/mol. The maximum Gasteiger partial charge on any atom is 0.421 e. The summed E-state index contributed by atoms with van der Waals surface area (Å²) in [5, 5.41) is 0. The molecule has 0 bridgehead atoms. The summed E-state index contributed by atoms with van der Waals surface area (Å²) in [6, 6.07) is 6.71. The number of hydrogen-bond acceptors (Lipinski definition) is 5. The molecule has 0 amide bonds. The molecule has 0 saturated heterocycles. The Balaban J connectivity index is 2.33. The lowest BCUT2D eigenvalue weighted by Crippen LogP contribution is -2.20. The van der Waals surface area contributed by atoms with Gasteiger partial charge in [0.25, 0.3) is 0 Å². The lowest BCUT2D eigenvalue weighted by atomic mass is 10.2. The molecule has 5 nitrogen and oxygen atoms in total. The van der Waals surface area contributed by atoms with Crippen molar-refractivity contribution >= 4 is 11.5 Å². The largest absolute Gasteiger partial charge is 0.494 e. The average molecular weight is 383 g/mol. The number of hydrogen-bond donors (Lipinski definition) is 0. The molecule has 148 valence electrons. The molecule has 0 unspecified atom stereocenters. The number of aromatic nitrogens is 2. The van der Waals surface area contributed by atoms with Gasteiger partial charge < -0.3 is 14.4 Å². The van der Waals surface area contributed by atoms with Gasteiger partial charge in [0.15, 0.2) is 5.82 Å². The molecule has 2 aromatic rings. The third-order valence-electron chi connectivity index (χ3n) is 3.61. The van der Waals surface area contributed by atoms with E-state index in [1.54, 1.807) is 24.3 Å². The van der Waals surface area contributed by atoms with E-state index in [1.807, 2.05) is 20.8 Å². The van der Waals surface area contributed by atoms with Gasteiger partial charge in [-0.3, -0.25) is 0 Å². The molecule has 8 heteroatoms. The van der Waals surface area contributed by atoms with Crippen LogP contribution >= 0.6 is 0 Å². The summed E-state index contributed by atoms with van der Waals surface area (Å²) >= 11 is 0. The Morgan fingerprint density at radius 3 is 2.33 bits per heavy atom. The number of benzene rings is 1. The van der Waals surface area contributed by atoms with E-state index in [-0.39, 0.29) is 17.7 Å². The zero-order chi connectivity index (χ0) is 20.0. The predicted octanol–water partition coefficient (Wildman–Crippen LogP) is 5.09. The summed E-state index contributed by atoms with van der Waals surface area (Å²) in [5.41, 5.74) is -0.383. The monoisotopic (exact) mass is 383 g/mol. The molecule has 0 spiro atoms. The highest BCUT2D eigenvalue weighted by atomic mass is 19.4. The van der Waals surface area contributed by atoms with Crippen molar-refractivity contribution in [3.05, 3.63) is 36.0 Å². The van der Waals surface area contributed by atoms with E-state index in [2.05, 4.69) is 9.97 Å². The summed E-state index contributed by atoms with van der Waals surface area (Å²) in [5.74, 6) is 0.597. The van der Waals surface area contributed by atoms with E-state index in [0.717, 1.165) is 12.6 Å². The second-order valence-electron chi connectivity index (χ2n) is 6.49. The van der Waals surface area contributed by atoms with Crippen LogP contribution in [-0.2, 0) is 6.18 Å². The number of ether oxygens (including phenoxy) is 2. The standard InChI is InChI=1S/C19H24F3N3O2/c1-5-10-26-15-8-6-14(7-9-15)25(4)17-16(19(20,21)22)11-23-18(24-17)27-12-13(2)3/h6-9,11,13H,5,10,12H2,1-4H3. The summed E-state index contributed by atoms with van der Waals surface area (Å²) in [6.07, 6.45) is -2.95. The van der Waals surface area contributed by atoms with Gasteiger partial charge in [0.1, 0.15) is 11.3 Å². The first-order chi connectivity index (χ1) is 12.7. The molecule has 0 atom stereocenters. The lowest BCUT2D eigenvalue weighted by Gasteiger charge is -2.23. The molecule has 0 saturated carbocycles. The SMILES string of the molecule is CCCOc1ccc(N(C)c2nc(OCC(C)C)ncc2C(F)(F)F)cc1. The molecule has 1 aromatic carbocycles. The van der Waals surface area contributed by atoms with Gasteiger partial charge in [0, 0.05) is 18.9 Å². The number of anilines is 2. The smallest absolute Gasteiger partial charge is 0.421 e. The normalized spacial score (nSPS) is 11.6. The van der Waals surface area contributed by atoms with Crippen LogP contribution in [0.4, 0.5) is 24.7 Å². The molecular formula is C19H24F3N3O2. The van der Waals surface area contributed by atoms with Crippen LogP contribution in [0.15, 0.2) is 30.5 Å². The van der Waals surface area contributed by atoms with E-state index in [1.165, 1.54) is 11.9 Å². The fourth-order valence-corrected chi connectivity index (χ4v) is 2.23. The minimum atomic E-state index is -4.58. The van der Waals surface area contributed by atoms with E-state index >= 15 is 0 Å². The van der Waals surface area contributed by atoms with E-state index in [0.29, 0.717) is 24.7 Å². The first-order valence-corrected chi connectivity index (χ1v) is 8.76. The fourth-order valence-electron chi connectivity index (χ4n) is 2.23. The fraction of sp³-hybridized carbons (Fsp3) is 0.474. The maximum absolute atomic E-state index is 13.4. The minimum absolute atomic E-state index is 0.0820. The highest BCUT2D eigenvalue weighted by Gasteiger charge is 2.36. The third kappa shape index (κ3) is 5.74. The quantitative estimate of drug-likeness (QED) is 0.636. The highest BCUT2D eigenvalue weighted by Crippen LogP contribution is 2.38. The molecule has 0 aliphatic rings. The van der Waals surface area contributed by atoms with E-state index in [4.69, 9.17) is 9.47 Å². The van der Waals surface area contributed by atoms with Crippen molar-refractivity contribution < 1.29 is 22.6 Å². The summed E-state index contributed by atoms with van der Waals surface area (Å²) in [6.45, 7) is 6.75. The maximum atomic E-state index is 13.4. The van der Waals surface area contributed by atoms with Crippen molar-refractivity contribution in [2.24, 2.45) is 5.92 Å². The Morgan fingerprint density at radius 1 is 1.11 bits per heavy atom. The zero-order valence-corrected chi connectivity index (χ0v) is 15.9. The number of nitrogens with zero attached hydrogens (tertiary/aromatic N) is 3. The molecule has 27 heavy (non-hydrogen) atoms. The lowest BCUT2D eigenvalue weighted by molar-refractivity contribution is -0.137. The Labute approximate surface area is 157 Å². The van der Waals surface area contributed by atoms with Gasteiger partial charge in [-0.1, -0.05) is 20.8 Å². The number of alkyl halides is 3. The van der Waals surface area contributed by atoms with Gasteiger partial charge in [0.05, 0.1) is 13.2 Å². The van der Waals surface area contributed by atoms with Gasteiger partial charge in [-0.15, -0.1) is 0 Å². The van der Waals surface area contributed by atoms with Crippen molar-refractivity contribution in [1.29, 1.82) is 0 Å². The van der Waals surface area contributed by atoms with Crippen LogP contribution in [0, 0.1) is 5.92 Å². The van der Waals surface area contributed by atoms with Crippen molar-refractivity contribution in [1.82, 2.24) is 9.97 Å². The van der Waals surface area contributed by atoms with Crippen molar-refractivity contribution in [2.45, 2.75) is 33.4 Å². The van der Waals surface area contributed by atoms with Crippen molar-refractivity contribution in [3.8, 4) is 11.8 Å². The molecule has 0 aliphatic carbocycles. The van der Waals surface area contributed by atoms with E-state index in [9.17, 15) is 13.2 Å². The third-order valence-corrected chi connectivity index (χ3v) is 3.61. The van der Waals surface area contributed by atoms with Crippen LogP contribution in [0.3, 0.4) is 0 Å². The minimum Gasteiger partial charge on any atom is -0.494 e. The molecule has 1 heterocycles. The topological polar surface area (TPSA) is 47.5 Å². The van der Waals surface area contributed by atoms with Crippen LogP contribution in [0.25, 0.3) is 0 Å². The molecule has 0 radical (unpaired) electrons. The highest BCUT2D eigenvalue weighted by molar-refractivity contribution is 5.63. The average Bonchev–Trinajstić information content (AvgIpc) is 2.63. The van der Waals surface area contributed by atoms with Gasteiger partial charge in [-0.25, -0.2) is 4.98 Å². The van der Waals surface area contributed by atoms with Crippen molar-refractivity contribution in [3.63, 3.8) is 0 Å². The van der Waals surface area contributed by atoms with Crippen LogP contribution in [0.5, 0.6) is 11.8 Å². The van der Waals surface area contributed by atoms with Crippen LogP contribution < -0.4 is 14.4 Å². The zero-order valence-electron chi connectivity index (χ0n) is 15.9. The Morgan fingerprint density at radius 2 is 1.78 bits per heavy atom. The molecule has 0 fully saturated rings. The van der Waals surface area contributed by atoms with E-state index < -0.39 is 11.7 Å². The van der Waals surface area contributed by atoms with Gasteiger partial charge in [-0.05, 0) is 36.6 Å². The second kappa shape index (κ2) is 8.92. The molecule has 2 rings (SSSR count). The van der Waals surface area contributed by atoms with Gasteiger partial charge >= 0.3 is 12.2 Å². The van der Waals surface area contributed by atoms with Crippen molar-refractivity contribution in [2.75, 3.05) is 25.2 Å². The molecule has 0 aliphatic heterocycles. The molecule has 1 aromatic heterocycles. The second-order valence-corrected chi connectivity index (χ2v) is 6.49. The first kappa shape index (κ1) is 20.8. The van der Waals surface area contributed by atoms with Gasteiger partial charge in [-0.2, -0.15) is 18.2 Å². The Hall–Kier alpha value is -2.51. The number of halogens is 3. The first-order valence-electron chi connectivity index (χ1n) is 8.76. The molecule has 0 N–H and O–H groups in total. The Kier molecular flexibility index (Phi) is 6.87. The Bertz CT molecular complexity index is 734. The van der Waals surface area contributed by atoms with Gasteiger partial charge in [0.2, 0.25) is 0 Å². The van der Waals surface area contributed by atoms with Crippen LogP contribution in [0.2, 0.25) is 0 Å². The summed E-state index contributed by atoms with van der Waals surface area (Å²) < 4.78 is 51.1. The summed E-state index contributed by atoms with van der Waals surface area (Å²) in [7, 11) is 1.52. The number of rotatable bonds is 8. The van der Waals surface area contributed by atoms with Crippen LogP contribution in [-0.4, -0.2) is 30.2 Å². The van der Waals surface area contributed by atoms with Crippen LogP contribution in [0.1, 0.15) is 32.8 Å². The summed E-state index contributed by atoms with van der Waals surface area (Å²) in [4.78, 5) is 9.06.